The van der Waals surface area contributed by atoms with E-state index >= 15 is 0 Å². The highest BCUT2D eigenvalue weighted by Crippen LogP contribution is 2.23. The highest BCUT2D eigenvalue weighted by Gasteiger charge is 2.26. The zero-order chi connectivity index (χ0) is 22.3. The predicted molar refractivity (Wildman–Crippen MR) is 124 cm³/mol. The van der Waals surface area contributed by atoms with Crippen LogP contribution < -0.4 is 10.6 Å². The second-order valence-corrected chi connectivity index (χ2v) is 8.43. The molecular formula is C25H26ClN3O3. The van der Waals surface area contributed by atoms with Crippen LogP contribution in [0.25, 0.3) is 0 Å². The average Bonchev–Trinajstić information content (AvgIpc) is 3.33. The summed E-state index contributed by atoms with van der Waals surface area (Å²) in [5, 5.41) is 6.53. The number of likely N-dealkylation sites (tertiary alicyclic amines) is 1. The first kappa shape index (κ1) is 22.1. The maximum Gasteiger partial charge on any atom is 0.253 e. The summed E-state index contributed by atoms with van der Waals surface area (Å²) in [5.41, 5.74) is 2.12. The third-order valence-electron chi connectivity index (χ3n) is 5.63. The molecule has 3 aromatic rings. The molecule has 1 aliphatic rings. The summed E-state index contributed by atoms with van der Waals surface area (Å²) in [7, 11) is 0. The van der Waals surface area contributed by atoms with E-state index in [1.54, 1.807) is 36.6 Å². The molecular weight excluding hydrogens is 426 g/mol. The lowest BCUT2D eigenvalue weighted by atomic mass is 9.96. The lowest BCUT2D eigenvalue weighted by molar-refractivity contribution is -0.121. The molecule has 0 saturated carbocycles. The monoisotopic (exact) mass is 451 g/mol. The fourth-order valence-corrected chi connectivity index (χ4v) is 4.09. The number of amides is 2. The van der Waals surface area contributed by atoms with Crippen molar-refractivity contribution in [3.8, 4) is 0 Å². The largest absolute Gasteiger partial charge is 0.467 e. The number of carbonyl (C=O) groups is 2. The van der Waals surface area contributed by atoms with Gasteiger partial charge in [-0.3, -0.25) is 14.5 Å². The number of hydrogen-bond donors (Lipinski definition) is 2. The van der Waals surface area contributed by atoms with Gasteiger partial charge >= 0.3 is 0 Å². The van der Waals surface area contributed by atoms with Gasteiger partial charge in [-0.1, -0.05) is 35.9 Å². The van der Waals surface area contributed by atoms with E-state index in [4.69, 9.17) is 16.0 Å². The Bertz CT molecular complexity index is 1050. The first-order valence-corrected chi connectivity index (χ1v) is 11.1. The van der Waals surface area contributed by atoms with Crippen molar-refractivity contribution in [2.45, 2.75) is 25.9 Å². The van der Waals surface area contributed by atoms with Gasteiger partial charge in [0.05, 0.1) is 30.0 Å². The quantitative estimate of drug-likeness (QED) is 0.545. The number of carbonyl (C=O) groups excluding carboxylic acids is 2. The molecule has 2 heterocycles. The predicted octanol–water partition coefficient (Wildman–Crippen LogP) is 4.71. The fraction of sp³-hybridized carbons (Fsp3) is 0.280. The lowest BCUT2D eigenvalue weighted by Gasteiger charge is -2.32. The van der Waals surface area contributed by atoms with Gasteiger partial charge in [-0.25, -0.2) is 0 Å². The van der Waals surface area contributed by atoms with Crippen LogP contribution in [-0.4, -0.2) is 29.8 Å². The van der Waals surface area contributed by atoms with Crippen molar-refractivity contribution in [2.24, 2.45) is 5.92 Å². The molecule has 2 amide bonds. The third kappa shape index (κ3) is 5.78. The Balaban J connectivity index is 1.36. The summed E-state index contributed by atoms with van der Waals surface area (Å²) >= 11 is 5.98. The van der Waals surface area contributed by atoms with Crippen LogP contribution in [0.3, 0.4) is 0 Å². The zero-order valence-electron chi connectivity index (χ0n) is 17.7. The summed E-state index contributed by atoms with van der Waals surface area (Å²) in [6.45, 7) is 2.71. The van der Waals surface area contributed by atoms with E-state index in [2.05, 4.69) is 15.5 Å². The van der Waals surface area contributed by atoms with E-state index in [9.17, 15) is 9.59 Å². The van der Waals surface area contributed by atoms with Crippen molar-refractivity contribution in [1.29, 1.82) is 0 Å². The Kier molecular flexibility index (Phi) is 7.24. The second-order valence-electron chi connectivity index (χ2n) is 8.00. The van der Waals surface area contributed by atoms with Gasteiger partial charge in [0, 0.05) is 18.1 Å². The number of anilines is 1. The van der Waals surface area contributed by atoms with Gasteiger partial charge in [0.2, 0.25) is 5.91 Å². The molecule has 1 aliphatic heterocycles. The van der Waals surface area contributed by atoms with Crippen LogP contribution in [0.5, 0.6) is 0 Å². The summed E-state index contributed by atoms with van der Waals surface area (Å²) in [6, 6.07) is 18.4. The Morgan fingerprint density at radius 1 is 1.06 bits per heavy atom. The minimum Gasteiger partial charge on any atom is -0.467 e. The van der Waals surface area contributed by atoms with Gasteiger partial charge in [0.1, 0.15) is 5.76 Å². The fourth-order valence-electron chi connectivity index (χ4n) is 3.96. The zero-order valence-corrected chi connectivity index (χ0v) is 18.5. The normalized spacial score (nSPS) is 16.5. The number of benzene rings is 2. The van der Waals surface area contributed by atoms with E-state index < -0.39 is 0 Å². The topological polar surface area (TPSA) is 74.6 Å². The third-order valence-corrected chi connectivity index (χ3v) is 5.88. The second kappa shape index (κ2) is 10.5. The number of piperidine rings is 1. The van der Waals surface area contributed by atoms with E-state index in [1.165, 1.54) is 5.56 Å². The van der Waals surface area contributed by atoms with Crippen molar-refractivity contribution in [1.82, 2.24) is 10.2 Å². The Hall–Kier alpha value is -3.09. The molecule has 2 aromatic carbocycles. The molecule has 0 radical (unpaired) electrons. The van der Waals surface area contributed by atoms with Gasteiger partial charge < -0.3 is 15.1 Å². The van der Waals surface area contributed by atoms with Crippen LogP contribution in [0.4, 0.5) is 5.69 Å². The average molecular weight is 452 g/mol. The Morgan fingerprint density at radius 2 is 1.88 bits per heavy atom. The molecule has 1 atom stereocenters. The first-order valence-electron chi connectivity index (χ1n) is 10.8. The molecule has 166 valence electrons. The number of para-hydroxylation sites is 1. The van der Waals surface area contributed by atoms with Crippen LogP contribution in [0.2, 0.25) is 5.02 Å². The van der Waals surface area contributed by atoms with Gasteiger partial charge in [0.15, 0.2) is 0 Å². The summed E-state index contributed by atoms with van der Waals surface area (Å²) in [4.78, 5) is 28.0. The minimum absolute atomic E-state index is 0.0582. The lowest BCUT2D eigenvalue weighted by Crippen LogP contribution is -2.40. The number of hydrogen-bond acceptors (Lipinski definition) is 4. The maximum absolute atomic E-state index is 13.0. The van der Waals surface area contributed by atoms with Crippen LogP contribution in [0, 0.1) is 5.92 Å². The van der Waals surface area contributed by atoms with Crippen LogP contribution in [0.15, 0.2) is 71.3 Å². The van der Waals surface area contributed by atoms with Gasteiger partial charge in [-0.2, -0.15) is 0 Å². The maximum atomic E-state index is 13.0. The molecule has 1 aromatic heterocycles. The molecule has 0 aliphatic carbocycles. The van der Waals surface area contributed by atoms with E-state index in [0.29, 0.717) is 23.6 Å². The molecule has 0 bridgehead atoms. The number of nitrogens with one attached hydrogen (secondary N) is 2. The summed E-state index contributed by atoms with van der Waals surface area (Å²) < 4.78 is 5.26. The van der Waals surface area contributed by atoms with Crippen molar-refractivity contribution in [3.63, 3.8) is 0 Å². The van der Waals surface area contributed by atoms with Gasteiger partial charge in [-0.05, 0) is 61.3 Å². The summed E-state index contributed by atoms with van der Waals surface area (Å²) in [5.74, 6) is 0.223. The molecule has 7 heteroatoms. The molecule has 1 unspecified atom stereocenters. The smallest absolute Gasteiger partial charge is 0.253 e. The molecule has 1 fully saturated rings. The standard InChI is InChI=1S/C25H26ClN3O3/c26-20-11-9-18(10-12-20)16-29-13-3-5-19(17-29)24(30)28-23-8-2-1-7-22(23)25(31)27-15-21-6-4-14-32-21/h1-2,4,6-12,14,19H,3,5,13,15-17H2,(H,27,31)(H,28,30). The summed E-state index contributed by atoms with van der Waals surface area (Å²) in [6.07, 6.45) is 3.35. The van der Waals surface area contributed by atoms with E-state index in [1.807, 2.05) is 30.3 Å². The molecule has 32 heavy (non-hydrogen) atoms. The van der Waals surface area contributed by atoms with Crippen LogP contribution >= 0.6 is 11.6 Å². The first-order chi connectivity index (χ1) is 15.6. The molecule has 4 rings (SSSR count). The minimum atomic E-state index is -0.259. The van der Waals surface area contributed by atoms with Crippen molar-refractivity contribution in [3.05, 3.63) is 88.8 Å². The number of furan rings is 1. The molecule has 1 saturated heterocycles. The van der Waals surface area contributed by atoms with Crippen molar-refractivity contribution in [2.75, 3.05) is 18.4 Å². The van der Waals surface area contributed by atoms with Crippen molar-refractivity contribution < 1.29 is 14.0 Å². The molecule has 6 nitrogen and oxygen atoms in total. The molecule has 2 N–H and O–H groups in total. The Labute approximate surface area is 192 Å². The van der Waals surface area contributed by atoms with Gasteiger partial charge in [0.25, 0.3) is 5.91 Å². The van der Waals surface area contributed by atoms with E-state index in [-0.39, 0.29) is 24.3 Å². The van der Waals surface area contributed by atoms with Crippen LogP contribution in [0.1, 0.15) is 34.5 Å². The van der Waals surface area contributed by atoms with Crippen molar-refractivity contribution >= 4 is 29.1 Å². The van der Waals surface area contributed by atoms with Crippen LogP contribution in [-0.2, 0) is 17.9 Å². The highest BCUT2D eigenvalue weighted by molar-refractivity contribution is 6.30. The molecule has 0 spiro atoms. The number of halogens is 1. The number of nitrogens with zero attached hydrogens (tertiary/aromatic N) is 1. The number of rotatable bonds is 7. The van der Waals surface area contributed by atoms with Gasteiger partial charge in [-0.15, -0.1) is 0 Å². The Morgan fingerprint density at radius 3 is 2.66 bits per heavy atom. The van der Waals surface area contributed by atoms with E-state index in [0.717, 1.165) is 31.0 Å². The SMILES string of the molecule is O=C(NCc1ccco1)c1ccccc1NC(=O)C1CCCN(Cc2ccc(Cl)cc2)C1. The highest BCUT2D eigenvalue weighted by atomic mass is 35.5.